The second-order valence-electron chi connectivity index (χ2n) is 4.20. The van der Waals surface area contributed by atoms with Crippen LogP contribution in [-0.2, 0) is 0 Å². The summed E-state index contributed by atoms with van der Waals surface area (Å²) in [6.07, 6.45) is -0.109. The van der Waals surface area contributed by atoms with Crippen LogP contribution in [0.5, 0.6) is 0 Å². The minimum absolute atomic E-state index is 0.0189. The summed E-state index contributed by atoms with van der Waals surface area (Å²) in [7, 11) is 1.90. The second-order valence-corrected chi connectivity index (χ2v) is 4.20. The van der Waals surface area contributed by atoms with E-state index >= 15 is 0 Å². The van der Waals surface area contributed by atoms with Crippen LogP contribution in [0.3, 0.4) is 0 Å². The molecular weight excluding hydrogens is 176 g/mol. The van der Waals surface area contributed by atoms with E-state index in [0.717, 1.165) is 13.5 Å². The average molecular weight is 193 g/mol. The van der Waals surface area contributed by atoms with Gasteiger partial charge in [0.15, 0.2) is 0 Å². The first-order chi connectivity index (χ1) is 5.92. The van der Waals surface area contributed by atoms with Crippen molar-refractivity contribution in [3.63, 3.8) is 0 Å². The van der Waals surface area contributed by atoms with E-state index in [1.54, 1.807) is 0 Å². The first-order valence-electron chi connectivity index (χ1n) is 4.59. The number of nitrogens with zero attached hydrogens (tertiary/aromatic N) is 1. The van der Waals surface area contributed by atoms with E-state index in [9.17, 15) is 8.78 Å². The van der Waals surface area contributed by atoms with Crippen molar-refractivity contribution < 1.29 is 13.9 Å². The number of rotatable bonds is 3. The number of hydrogen-bond acceptors (Lipinski definition) is 2. The Morgan fingerprint density at radius 2 is 1.92 bits per heavy atom. The molecule has 2 unspecified atom stereocenters. The Morgan fingerprint density at radius 1 is 1.38 bits per heavy atom. The molecule has 4 heteroatoms. The van der Waals surface area contributed by atoms with Crippen LogP contribution in [0.1, 0.15) is 13.3 Å². The summed E-state index contributed by atoms with van der Waals surface area (Å²) in [6.45, 7) is 2.37. The standard InChI is InChI=1S/C9H17F2NO/c1-9(10,11)3-7-4-12(2)5-8(7)6-13/h7-8,13H,3-6H2,1-2H3. The van der Waals surface area contributed by atoms with Crippen LogP contribution in [0.2, 0.25) is 0 Å². The van der Waals surface area contributed by atoms with Gasteiger partial charge in [0.25, 0.3) is 0 Å². The van der Waals surface area contributed by atoms with Gasteiger partial charge in [-0.2, -0.15) is 0 Å². The van der Waals surface area contributed by atoms with Crippen molar-refractivity contribution in [3.8, 4) is 0 Å². The van der Waals surface area contributed by atoms with Gasteiger partial charge in [-0.3, -0.25) is 0 Å². The summed E-state index contributed by atoms with van der Waals surface area (Å²) in [4.78, 5) is 2.00. The van der Waals surface area contributed by atoms with Crippen LogP contribution in [0, 0.1) is 11.8 Å². The molecule has 2 atom stereocenters. The van der Waals surface area contributed by atoms with Gasteiger partial charge >= 0.3 is 0 Å². The lowest BCUT2D eigenvalue weighted by atomic mass is 9.91. The molecule has 1 N–H and O–H groups in total. The summed E-state index contributed by atoms with van der Waals surface area (Å²) in [6, 6.07) is 0. The lowest BCUT2D eigenvalue weighted by Gasteiger charge is -2.19. The molecule has 1 heterocycles. The lowest BCUT2D eigenvalue weighted by molar-refractivity contribution is -0.0103. The number of hydrogen-bond donors (Lipinski definition) is 1. The quantitative estimate of drug-likeness (QED) is 0.728. The summed E-state index contributed by atoms with van der Waals surface area (Å²) in [5.41, 5.74) is 0. The fraction of sp³-hybridized carbons (Fsp3) is 1.00. The van der Waals surface area contributed by atoms with Gasteiger partial charge in [0.2, 0.25) is 5.92 Å². The van der Waals surface area contributed by atoms with Gasteiger partial charge in [-0.05, 0) is 25.8 Å². The van der Waals surface area contributed by atoms with Gasteiger partial charge < -0.3 is 10.0 Å². The number of likely N-dealkylation sites (tertiary alicyclic amines) is 1. The fourth-order valence-electron chi connectivity index (χ4n) is 2.07. The topological polar surface area (TPSA) is 23.5 Å². The maximum Gasteiger partial charge on any atom is 0.245 e. The molecule has 0 aromatic rings. The average Bonchev–Trinajstić information content (AvgIpc) is 2.27. The first kappa shape index (κ1) is 10.9. The predicted octanol–water partition coefficient (Wildman–Crippen LogP) is 1.20. The Balaban J connectivity index is 2.49. The molecule has 0 amide bonds. The third kappa shape index (κ3) is 3.19. The number of halogens is 2. The summed E-state index contributed by atoms with van der Waals surface area (Å²) < 4.78 is 25.4. The van der Waals surface area contributed by atoms with Crippen molar-refractivity contribution in [3.05, 3.63) is 0 Å². The van der Waals surface area contributed by atoms with Crippen LogP contribution < -0.4 is 0 Å². The minimum atomic E-state index is -2.61. The Hall–Kier alpha value is -0.220. The third-order valence-corrected chi connectivity index (χ3v) is 2.61. The molecule has 1 saturated heterocycles. The van der Waals surface area contributed by atoms with Crippen LogP contribution in [0.15, 0.2) is 0 Å². The molecule has 0 saturated carbocycles. The highest BCUT2D eigenvalue weighted by molar-refractivity contribution is 4.84. The smallest absolute Gasteiger partial charge is 0.245 e. The zero-order chi connectivity index (χ0) is 10.1. The van der Waals surface area contributed by atoms with E-state index in [0.29, 0.717) is 6.54 Å². The van der Waals surface area contributed by atoms with E-state index in [1.165, 1.54) is 0 Å². The molecule has 0 aliphatic carbocycles. The number of aliphatic hydroxyl groups is 1. The molecular formula is C9H17F2NO. The van der Waals surface area contributed by atoms with Crippen molar-refractivity contribution in [2.45, 2.75) is 19.3 Å². The molecule has 0 bridgehead atoms. The SMILES string of the molecule is CN1CC(CO)C(CC(C)(F)F)C1. The highest BCUT2D eigenvalue weighted by Gasteiger charge is 2.36. The zero-order valence-corrected chi connectivity index (χ0v) is 8.13. The fourth-order valence-corrected chi connectivity index (χ4v) is 2.07. The van der Waals surface area contributed by atoms with Crippen LogP contribution in [0.4, 0.5) is 8.78 Å². The van der Waals surface area contributed by atoms with Crippen molar-refractivity contribution >= 4 is 0 Å². The predicted molar refractivity (Wildman–Crippen MR) is 46.8 cm³/mol. The van der Waals surface area contributed by atoms with E-state index in [1.807, 2.05) is 11.9 Å². The third-order valence-electron chi connectivity index (χ3n) is 2.61. The van der Waals surface area contributed by atoms with Crippen LogP contribution in [0.25, 0.3) is 0 Å². The van der Waals surface area contributed by atoms with Gasteiger partial charge in [0, 0.05) is 26.1 Å². The molecule has 0 aromatic heterocycles. The highest BCUT2D eigenvalue weighted by atomic mass is 19.3. The van der Waals surface area contributed by atoms with Crippen LogP contribution >= 0.6 is 0 Å². The Kier molecular flexibility index (Phi) is 3.24. The Morgan fingerprint density at radius 3 is 2.38 bits per heavy atom. The molecule has 78 valence electrons. The monoisotopic (exact) mass is 193 g/mol. The van der Waals surface area contributed by atoms with Gasteiger partial charge in [-0.1, -0.05) is 0 Å². The number of alkyl halides is 2. The van der Waals surface area contributed by atoms with Crippen LogP contribution in [-0.4, -0.2) is 42.7 Å². The van der Waals surface area contributed by atoms with Crippen molar-refractivity contribution in [1.82, 2.24) is 4.90 Å². The highest BCUT2D eigenvalue weighted by Crippen LogP contribution is 2.31. The number of aliphatic hydroxyl groups excluding tert-OH is 1. The molecule has 1 aliphatic heterocycles. The van der Waals surface area contributed by atoms with E-state index < -0.39 is 5.92 Å². The second kappa shape index (κ2) is 3.88. The summed E-state index contributed by atoms with van der Waals surface area (Å²) in [5, 5.41) is 8.98. The summed E-state index contributed by atoms with van der Waals surface area (Å²) in [5.74, 6) is -2.64. The maximum absolute atomic E-state index is 12.7. The maximum atomic E-state index is 12.7. The molecule has 13 heavy (non-hydrogen) atoms. The molecule has 0 spiro atoms. The Labute approximate surface area is 77.5 Å². The normalized spacial score (nSPS) is 31.2. The molecule has 0 aromatic carbocycles. The van der Waals surface area contributed by atoms with Crippen molar-refractivity contribution in [2.24, 2.45) is 11.8 Å². The van der Waals surface area contributed by atoms with Crippen molar-refractivity contribution in [1.29, 1.82) is 0 Å². The lowest BCUT2D eigenvalue weighted by Crippen LogP contribution is -2.24. The minimum Gasteiger partial charge on any atom is -0.396 e. The van der Waals surface area contributed by atoms with E-state index in [-0.39, 0.29) is 24.9 Å². The van der Waals surface area contributed by atoms with Gasteiger partial charge in [-0.15, -0.1) is 0 Å². The van der Waals surface area contributed by atoms with Gasteiger partial charge in [-0.25, -0.2) is 8.78 Å². The van der Waals surface area contributed by atoms with Gasteiger partial charge in [0.05, 0.1) is 0 Å². The molecule has 1 rings (SSSR count). The molecule has 0 radical (unpaired) electrons. The van der Waals surface area contributed by atoms with Crippen molar-refractivity contribution in [2.75, 3.05) is 26.7 Å². The summed E-state index contributed by atoms with van der Waals surface area (Å²) >= 11 is 0. The molecule has 2 nitrogen and oxygen atoms in total. The molecule has 1 fully saturated rings. The largest absolute Gasteiger partial charge is 0.396 e. The van der Waals surface area contributed by atoms with Gasteiger partial charge in [0.1, 0.15) is 0 Å². The van der Waals surface area contributed by atoms with E-state index in [4.69, 9.17) is 5.11 Å². The molecule has 1 aliphatic rings. The van der Waals surface area contributed by atoms with E-state index in [2.05, 4.69) is 0 Å². The first-order valence-corrected chi connectivity index (χ1v) is 4.59. The zero-order valence-electron chi connectivity index (χ0n) is 8.13. The Bertz CT molecular complexity index is 169.